The number of amides is 1. The van der Waals surface area contributed by atoms with E-state index in [1.165, 1.54) is 13.2 Å². The van der Waals surface area contributed by atoms with Gasteiger partial charge in [0.1, 0.15) is 18.0 Å². The largest absolute Gasteiger partial charge is 0.469 e. The maximum atomic E-state index is 14.0. The standard InChI is InChI=1S/C37H37NO8/c1-7-15-38-33(41)21-10-8-20(9-11-21)29-22(13-16-44-29)23-17-24-28(19(23)2)37(5)25(18-27(40)43-6)36(4)26(39)12-14-35(3)31(36)30(32(37)45-24)46-34(35)42/h1,8-14,16,23-25,30-32H,15,17-18H2,2-6H3,(H,38,41)/t23-,24-,25-,30-,31+,32-,35-,36+,37-/m1/s1. The first kappa shape index (κ1) is 30.2. The molecular weight excluding hydrogens is 586 g/mol. The van der Waals surface area contributed by atoms with Crippen molar-refractivity contribution in [2.45, 2.75) is 64.8 Å². The zero-order valence-electron chi connectivity index (χ0n) is 26.5. The van der Waals surface area contributed by atoms with Gasteiger partial charge in [0.25, 0.3) is 5.91 Å². The van der Waals surface area contributed by atoms with Gasteiger partial charge >= 0.3 is 11.9 Å². The number of methoxy groups -OCH3 is 1. The van der Waals surface area contributed by atoms with Crippen molar-refractivity contribution >= 4 is 23.6 Å². The van der Waals surface area contributed by atoms with Crippen molar-refractivity contribution in [1.82, 2.24) is 5.32 Å². The van der Waals surface area contributed by atoms with E-state index < -0.39 is 46.3 Å². The summed E-state index contributed by atoms with van der Waals surface area (Å²) in [6.45, 7) is 8.03. The molecule has 9 nitrogen and oxygen atoms in total. The van der Waals surface area contributed by atoms with Crippen molar-refractivity contribution in [1.29, 1.82) is 0 Å². The lowest BCUT2D eigenvalue weighted by molar-refractivity contribution is -0.190. The number of hydrogen-bond donors (Lipinski definition) is 1. The number of ketones is 1. The Morgan fingerprint density at radius 3 is 2.54 bits per heavy atom. The Morgan fingerprint density at radius 1 is 1.11 bits per heavy atom. The van der Waals surface area contributed by atoms with E-state index in [9.17, 15) is 19.2 Å². The highest BCUT2D eigenvalue weighted by molar-refractivity contribution is 6.00. The summed E-state index contributed by atoms with van der Waals surface area (Å²) in [4.78, 5) is 52.8. The summed E-state index contributed by atoms with van der Waals surface area (Å²) in [5.41, 5.74) is 1.57. The van der Waals surface area contributed by atoms with E-state index in [2.05, 4.69) is 25.1 Å². The predicted octanol–water partition coefficient (Wildman–Crippen LogP) is 4.77. The highest BCUT2D eigenvalue weighted by Gasteiger charge is 2.77. The maximum Gasteiger partial charge on any atom is 0.316 e. The van der Waals surface area contributed by atoms with Gasteiger partial charge in [-0.2, -0.15) is 0 Å². The third kappa shape index (κ3) is 3.86. The predicted molar refractivity (Wildman–Crippen MR) is 166 cm³/mol. The maximum absolute atomic E-state index is 14.0. The molecule has 0 radical (unpaired) electrons. The van der Waals surface area contributed by atoms with Crippen LogP contribution < -0.4 is 5.32 Å². The Balaban J connectivity index is 1.30. The molecule has 2 aromatic rings. The zero-order valence-corrected chi connectivity index (χ0v) is 26.5. The van der Waals surface area contributed by atoms with Crippen LogP contribution in [0.4, 0.5) is 0 Å². The molecule has 3 heterocycles. The molecule has 1 saturated carbocycles. The first-order valence-corrected chi connectivity index (χ1v) is 15.7. The Morgan fingerprint density at radius 2 is 1.85 bits per heavy atom. The minimum absolute atomic E-state index is 0.00280. The summed E-state index contributed by atoms with van der Waals surface area (Å²) >= 11 is 0. The van der Waals surface area contributed by atoms with Crippen molar-refractivity contribution in [3.63, 3.8) is 0 Å². The van der Waals surface area contributed by atoms with Crippen LogP contribution in [0.3, 0.4) is 0 Å². The molecule has 2 saturated heterocycles. The van der Waals surface area contributed by atoms with Crippen molar-refractivity contribution in [2.75, 3.05) is 13.7 Å². The van der Waals surface area contributed by atoms with Crippen molar-refractivity contribution in [2.24, 2.45) is 28.1 Å². The molecule has 3 aliphatic carbocycles. The summed E-state index contributed by atoms with van der Waals surface area (Å²) in [6.07, 6.45) is 9.26. The fourth-order valence-electron chi connectivity index (χ4n) is 9.74. The Hall–Kier alpha value is -4.42. The lowest BCUT2D eigenvalue weighted by Crippen LogP contribution is -2.66. The van der Waals surface area contributed by atoms with Crippen LogP contribution in [0.25, 0.3) is 11.3 Å². The SMILES string of the molecule is C#CCNC(=O)c1ccc(-c2occc2[C@@H]2C[C@H]3O[C@@H]4[C@@H]5OC(=O)[C@]6(C)C=CC(=O)[C@](C)([C@@H](CC(=O)OC)[C@]4(C)C3=C2C)[C@@H]56)cc1. The Bertz CT molecular complexity index is 1780. The van der Waals surface area contributed by atoms with Crippen molar-refractivity contribution < 1.29 is 37.8 Å². The molecule has 3 fully saturated rings. The molecule has 1 aromatic carbocycles. The number of carbonyl (C=O) groups is 4. The molecule has 7 rings (SSSR count). The van der Waals surface area contributed by atoms with Gasteiger partial charge in [-0.25, -0.2) is 0 Å². The van der Waals surface area contributed by atoms with Crippen LogP contribution in [-0.4, -0.2) is 55.6 Å². The average Bonchev–Trinajstić information content (AvgIpc) is 3.79. The van der Waals surface area contributed by atoms with E-state index in [0.29, 0.717) is 17.7 Å². The Labute approximate surface area is 267 Å². The van der Waals surface area contributed by atoms with Crippen molar-refractivity contribution in [3.05, 3.63) is 71.0 Å². The molecule has 9 heteroatoms. The Kier molecular flexibility index (Phi) is 6.77. The van der Waals surface area contributed by atoms with E-state index in [4.69, 9.17) is 25.1 Å². The van der Waals surface area contributed by atoms with Gasteiger partial charge in [0.2, 0.25) is 0 Å². The number of rotatable bonds is 6. The summed E-state index contributed by atoms with van der Waals surface area (Å²) < 4.78 is 24.2. The number of nitrogens with one attached hydrogen (secondary N) is 1. The van der Waals surface area contributed by atoms with E-state index in [1.807, 2.05) is 32.0 Å². The van der Waals surface area contributed by atoms with Gasteiger partial charge in [0.15, 0.2) is 5.78 Å². The van der Waals surface area contributed by atoms with Crippen LogP contribution in [0.15, 0.2) is 64.3 Å². The molecule has 1 aromatic heterocycles. The second kappa shape index (κ2) is 10.3. The fourth-order valence-corrected chi connectivity index (χ4v) is 9.74. The summed E-state index contributed by atoms with van der Waals surface area (Å²) in [7, 11) is 1.35. The third-order valence-corrected chi connectivity index (χ3v) is 11.8. The number of ether oxygens (including phenoxy) is 3. The van der Waals surface area contributed by atoms with Gasteiger partial charge in [0.05, 0.1) is 37.9 Å². The van der Waals surface area contributed by atoms with Gasteiger partial charge in [-0.3, -0.25) is 19.2 Å². The topological polar surface area (TPSA) is 121 Å². The summed E-state index contributed by atoms with van der Waals surface area (Å²) in [5, 5.41) is 2.67. The average molecular weight is 624 g/mol. The summed E-state index contributed by atoms with van der Waals surface area (Å²) in [5.74, 6) is 0.895. The lowest BCUT2D eigenvalue weighted by Gasteiger charge is -2.59. The molecular formula is C37H37NO8. The van der Waals surface area contributed by atoms with E-state index >= 15 is 0 Å². The van der Waals surface area contributed by atoms with Crippen LogP contribution in [0.1, 0.15) is 62.4 Å². The van der Waals surface area contributed by atoms with Gasteiger partial charge in [0, 0.05) is 39.4 Å². The zero-order chi connectivity index (χ0) is 32.8. The number of benzene rings is 1. The van der Waals surface area contributed by atoms with Crippen LogP contribution in [-0.2, 0) is 28.6 Å². The van der Waals surface area contributed by atoms with E-state index in [0.717, 1.165) is 22.3 Å². The van der Waals surface area contributed by atoms with Crippen molar-refractivity contribution in [3.8, 4) is 23.7 Å². The number of carbonyl (C=O) groups excluding carboxylic acids is 4. The molecule has 1 N–H and O–H groups in total. The highest BCUT2D eigenvalue weighted by atomic mass is 16.6. The first-order valence-electron chi connectivity index (χ1n) is 15.7. The van der Waals surface area contributed by atoms with E-state index in [-0.39, 0.29) is 42.6 Å². The minimum Gasteiger partial charge on any atom is -0.469 e. The summed E-state index contributed by atoms with van der Waals surface area (Å²) in [6, 6.07) is 9.13. The van der Waals surface area contributed by atoms with Crippen LogP contribution in [0, 0.1) is 40.4 Å². The van der Waals surface area contributed by atoms with Gasteiger partial charge in [-0.15, -0.1) is 6.42 Å². The van der Waals surface area contributed by atoms with E-state index in [1.54, 1.807) is 24.5 Å². The second-order valence-electron chi connectivity index (χ2n) is 13.8. The number of allylic oxidation sites excluding steroid dienone is 2. The molecule has 46 heavy (non-hydrogen) atoms. The van der Waals surface area contributed by atoms with Gasteiger partial charge < -0.3 is 23.9 Å². The monoisotopic (exact) mass is 623 g/mol. The molecule has 2 aliphatic heterocycles. The smallest absolute Gasteiger partial charge is 0.316 e. The normalized spacial score (nSPS) is 36.9. The molecule has 5 aliphatic rings. The quantitative estimate of drug-likeness (QED) is 0.278. The minimum atomic E-state index is -1.07. The first-order chi connectivity index (χ1) is 21.9. The van der Waals surface area contributed by atoms with Gasteiger partial charge in [-0.05, 0) is 56.0 Å². The fraction of sp³-hybridized carbons (Fsp3) is 0.459. The number of furan rings is 1. The molecule has 9 atom stereocenters. The lowest BCUT2D eigenvalue weighted by atomic mass is 9.42. The molecule has 0 bridgehead atoms. The number of terminal acetylenes is 1. The highest BCUT2D eigenvalue weighted by Crippen LogP contribution is 2.72. The van der Waals surface area contributed by atoms with Gasteiger partial charge in [-0.1, -0.05) is 43.5 Å². The molecule has 0 unspecified atom stereocenters. The number of hydrogen-bond acceptors (Lipinski definition) is 8. The number of fused-ring (bicyclic) bond motifs is 4. The van der Waals surface area contributed by atoms with Crippen LogP contribution in [0.5, 0.6) is 0 Å². The number of esters is 2. The second-order valence-corrected chi connectivity index (χ2v) is 13.8. The molecule has 1 amide bonds. The molecule has 238 valence electrons. The van der Waals surface area contributed by atoms with Crippen LogP contribution >= 0.6 is 0 Å². The van der Waals surface area contributed by atoms with Crippen LogP contribution in [0.2, 0.25) is 0 Å². The third-order valence-electron chi connectivity index (χ3n) is 11.8. The molecule has 0 spiro atoms.